The molecular formula is C25H25ClN2O2. The zero-order chi connectivity index (χ0) is 20.9. The molecule has 1 amide bonds. The average molecular weight is 421 g/mol. The Morgan fingerprint density at radius 3 is 2.53 bits per heavy atom. The van der Waals surface area contributed by atoms with Crippen molar-refractivity contribution < 1.29 is 9.53 Å². The number of hydrogen-bond donors (Lipinski definition) is 0. The van der Waals surface area contributed by atoms with Crippen LogP contribution in [0.1, 0.15) is 41.4 Å². The van der Waals surface area contributed by atoms with Gasteiger partial charge >= 0.3 is 0 Å². The second-order valence-electron chi connectivity index (χ2n) is 7.63. The fourth-order valence-electron chi connectivity index (χ4n) is 3.99. The zero-order valence-electron chi connectivity index (χ0n) is 17.1. The zero-order valence-corrected chi connectivity index (χ0v) is 17.8. The number of carbonyl (C=O) groups is 1. The van der Waals surface area contributed by atoms with Crippen molar-refractivity contribution in [1.82, 2.24) is 9.88 Å². The Balaban J connectivity index is 1.47. The van der Waals surface area contributed by atoms with Crippen molar-refractivity contribution in [2.75, 3.05) is 13.7 Å². The van der Waals surface area contributed by atoms with Crippen LogP contribution in [0.25, 0.3) is 0 Å². The second-order valence-corrected chi connectivity index (χ2v) is 8.06. The van der Waals surface area contributed by atoms with Gasteiger partial charge in [0.25, 0.3) is 0 Å². The minimum atomic E-state index is 0.0425. The van der Waals surface area contributed by atoms with E-state index in [9.17, 15) is 4.79 Å². The molecule has 0 bridgehead atoms. The topological polar surface area (TPSA) is 42.4 Å². The Bertz CT molecular complexity index is 1000. The summed E-state index contributed by atoms with van der Waals surface area (Å²) in [6.45, 7) is 0.781. The molecule has 1 saturated heterocycles. The van der Waals surface area contributed by atoms with Crippen molar-refractivity contribution in [3.8, 4) is 5.75 Å². The van der Waals surface area contributed by atoms with Crippen molar-refractivity contribution in [2.24, 2.45) is 0 Å². The van der Waals surface area contributed by atoms with Crippen molar-refractivity contribution in [1.29, 1.82) is 0 Å². The van der Waals surface area contributed by atoms with Gasteiger partial charge < -0.3 is 9.64 Å². The van der Waals surface area contributed by atoms with E-state index in [1.165, 1.54) is 5.56 Å². The molecule has 4 nitrogen and oxygen atoms in total. The predicted molar refractivity (Wildman–Crippen MR) is 119 cm³/mol. The third-order valence-electron chi connectivity index (χ3n) is 5.56. The van der Waals surface area contributed by atoms with E-state index >= 15 is 0 Å². The Morgan fingerprint density at radius 2 is 1.80 bits per heavy atom. The van der Waals surface area contributed by atoms with Crippen LogP contribution in [0, 0.1) is 0 Å². The quantitative estimate of drug-likeness (QED) is 0.547. The molecule has 1 aliphatic heterocycles. The molecule has 30 heavy (non-hydrogen) atoms. The summed E-state index contributed by atoms with van der Waals surface area (Å²) in [5.41, 5.74) is 4.14. The number of methoxy groups -OCH3 is 1. The predicted octanol–water partition coefficient (Wildman–Crippen LogP) is 5.24. The van der Waals surface area contributed by atoms with E-state index in [-0.39, 0.29) is 11.9 Å². The van der Waals surface area contributed by atoms with Crippen LogP contribution in [-0.2, 0) is 17.6 Å². The smallest absolute Gasteiger partial charge is 0.227 e. The molecule has 4 rings (SSSR count). The molecule has 0 radical (unpaired) electrons. The number of carbonyl (C=O) groups excluding carboxylic acids is 1. The van der Waals surface area contributed by atoms with E-state index in [4.69, 9.17) is 21.3 Å². The number of halogens is 1. The number of ether oxygens (including phenoxy) is 1. The van der Waals surface area contributed by atoms with E-state index in [1.807, 2.05) is 71.6 Å². The highest BCUT2D eigenvalue weighted by molar-refractivity contribution is 6.30. The number of pyridine rings is 1. The lowest BCUT2D eigenvalue weighted by Crippen LogP contribution is -2.32. The van der Waals surface area contributed by atoms with Crippen LogP contribution < -0.4 is 4.74 Å². The first-order valence-electron chi connectivity index (χ1n) is 10.2. The second kappa shape index (κ2) is 9.31. The number of nitrogens with zero attached hydrogens (tertiary/aromatic N) is 2. The SMILES string of the molecule is COc1ccc(CC(=O)N2CCC[C@H]2c2cccc(Cc3ccc(Cl)cc3)n2)cc1. The maximum absolute atomic E-state index is 13.0. The van der Waals surface area contributed by atoms with Crippen LogP contribution in [0.3, 0.4) is 0 Å². The summed E-state index contributed by atoms with van der Waals surface area (Å²) >= 11 is 5.99. The maximum Gasteiger partial charge on any atom is 0.227 e. The van der Waals surface area contributed by atoms with Gasteiger partial charge in [-0.3, -0.25) is 9.78 Å². The van der Waals surface area contributed by atoms with Gasteiger partial charge in [0.1, 0.15) is 5.75 Å². The van der Waals surface area contributed by atoms with Crippen molar-refractivity contribution in [3.05, 3.63) is 94.3 Å². The Labute approximate surface area is 182 Å². The third kappa shape index (κ3) is 4.82. The van der Waals surface area contributed by atoms with E-state index in [0.29, 0.717) is 6.42 Å². The maximum atomic E-state index is 13.0. The fraction of sp³-hybridized carbons (Fsp3) is 0.280. The minimum absolute atomic E-state index is 0.0425. The highest BCUT2D eigenvalue weighted by atomic mass is 35.5. The number of amides is 1. The molecule has 1 fully saturated rings. The number of rotatable bonds is 6. The fourth-order valence-corrected chi connectivity index (χ4v) is 4.11. The number of aromatic nitrogens is 1. The van der Waals surface area contributed by atoms with Gasteiger partial charge in [0, 0.05) is 23.7 Å². The third-order valence-corrected chi connectivity index (χ3v) is 5.81. The summed E-state index contributed by atoms with van der Waals surface area (Å²) in [6.07, 6.45) is 3.09. The molecule has 0 saturated carbocycles. The Morgan fingerprint density at radius 1 is 1.07 bits per heavy atom. The molecule has 5 heteroatoms. The standard InChI is InChI=1S/C25H25ClN2O2/c1-30-22-13-9-19(10-14-22)17-25(29)28-15-3-6-24(28)23-5-2-4-21(27-23)16-18-7-11-20(26)12-8-18/h2,4-5,7-14,24H,3,6,15-17H2,1H3/t24-/m0/s1. The normalized spacial score (nSPS) is 15.9. The summed E-state index contributed by atoms with van der Waals surface area (Å²) in [7, 11) is 1.64. The van der Waals surface area contributed by atoms with E-state index in [0.717, 1.165) is 53.5 Å². The lowest BCUT2D eigenvalue weighted by molar-refractivity contribution is -0.131. The van der Waals surface area contributed by atoms with Crippen molar-refractivity contribution in [3.63, 3.8) is 0 Å². The highest BCUT2D eigenvalue weighted by Crippen LogP contribution is 2.31. The summed E-state index contributed by atoms with van der Waals surface area (Å²) in [5, 5.41) is 0.734. The molecule has 1 atom stereocenters. The van der Waals surface area contributed by atoms with Gasteiger partial charge in [-0.1, -0.05) is 41.9 Å². The monoisotopic (exact) mass is 420 g/mol. The highest BCUT2D eigenvalue weighted by Gasteiger charge is 2.30. The van der Waals surface area contributed by atoms with Crippen LogP contribution in [0.15, 0.2) is 66.7 Å². The molecule has 0 unspecified atom stereocenters. The molecular weight excluding hydrogens is 396 g/mol. The molecule has 0 aliphatic carbocycles. The molecule has 2 heterocycles. The van der Waals surface area contributed by atoms with Crippen molar-refractivity contribution >= 4 is 17.5 Å². The lowest BCUT2D eigenvalue weighted by atomic mass is 10.1. The van der Waals surface area contributed by atoms with E-state index < -0.39 is 0 Å². The van der Waals surface area contributed by atoms with Crippen molar-refractivity contribution in [2.45, 2.75) is 31.7 Å². The number of hydrogen-bond acceptors (Lipinski definition) is 3. The molecule has 2 aromatic carbocycles. The molecule has 0 spiro atoms. The summed E-state index contributed by atoms with van der Waals surface area (Å²) < 4.78 is 5.20. The first-order chi connectivity index (χ1) is 14.6. The van der Waals surface area contributed by atoms with Crippen LogP contribution in [-0.4, -0.2) is 29.4 Å². The van der Waals surface area contributed by atoms with Crippen LogP contribution in [0.2, 0.25) is 5.02 Å². The first-order valence-corrected chi connectivity index (χ1v) is 10.6. The van der Waals surface area contributed by atoms with Crippen LogP contribution >= 0.6 is 11.6 Å². The van der Waals surface area contributed by atoms with Crippen LogP contribution in [0.4, 0.5) is 0 Å². The molecule has 3 aromatic rings. The van der Waals surface area contributed by atoms with Gasteiger partial charge in [0.05, 0.1) is 25.3 Å². The largest absolute Gasteiger partial charge is 0.497 e. The lowest BCUT2D eigenvalue weighted by Gasteiger charge is -2.25. The number of likely N-dealkylation sites (tertiary alicyclic amines) is 1. The van der Waals surface area contributed by atoms with Gasteiger partial charge in [0.15, 0.2) is 0 Å². The molecule has 1 aliphatic rings. The Hall–Kier alpha value is -2.85. The first kappa shape index (κ1) is 20.4. The summed E-state index contributed by atoms with van der Waals surface area (Å²) in [4.78, 5) is 19.9. The van der Waals surface area contributed by atoms with Gasteiger partial charge in [-0.05, 0) is 60.4 Å². The van der Waals surface area contributed by atoms with Gasteiger partial charge in [0.2, 0.25) is 5.91 Å². The van der Waals surface area contributed by atoms with E-state index in [2.05, 4.69) is 0 Å². The van der Waals surface area contributed by atoms with Gasteiger partial charge in [-0.15, -0.1) is 0 Å². The minimum Gasteiger partial charge on any atom is -0.497 e. The molecule has 154 valence electrons. The summed E-state index contributed by atoms with van der Waals surface area (Å²) in [5.74, 6) is 0.944. The average Bonchev–Trinajstić information content (AvgIpc) is 3.26. The van der Waals surface area contributed by atoms with E-state index in [1.54, 1.807) is 7.11 Å². The molecule has 1 aromatic heterocycles. The molecule has 0 N–H and O–H groups in total. The van der Waals surface area contributed by atoms with Gasteiger partial charge in [-0.25, -0.2) is 0 Å². The Kier molecular flexibility index (Phi) is 6.34. The van der Waals surface area contributed by atoms with Crippen LogP contribution in [0.5, 0.6) is 5.75 Å². The summed E-state index contributed by atoms with van der Waals surface area (Å²) in [6, 6.07) is 21.7. The number of benzene rings is 2. The van der Waals surface area contributed by atoms with Gasteiger partial charge in [-0.2, -0.15) is 0 Å².